The number of nitrogens with zero attached hydrogens (tertiary/aromatic N) is 1. The Hall–Kier alpha value is -3.60. The largest absolute Gasteiger partial charge is 0.497 e. The van der Waals surface area contributed by atoms with Gasteiger partial charge in [-0.1, -0.05) is 78.0 Å². The molecule has 0 N–H and O–H groups in total. The predicted octanol–water partition coefficient (Wildman–Crippen LogP) is 4.93. The zero-order valence-electron chi connectivity index (χ0n) is 16.0. The minimum atomic E-state index is -1.08. The smallest absolute Gasteiger partial charge is 0.174 e. The van der Waals surface area contributed by atoms with E-state index in [9.17, 15) is 14.5 Å². The molecule has 0 saturated heterocycles. The van der Waals surface area contributed by atoms with Gasteiger partial charge >= 0.3 is 0 Å². The van der Waals surface area contributed by atoms with Crippen LogP contribution in [0.1, 0.15) is 32.2 Å². The molecule has 1 atom stereocenters. The van der Waals surface area contributed by atoms with Crippen LogP contribution in [0.15, 0.2) is 90.1 Å². The van der Waals surface area contributed by atoms with Gasteiger partial charge < -0.3 is 4.74 Å². The van der Waals surface area contributed by atoms with Gasteiger partial charge in [-0.2, -0.15) is 4.91 Å². The summed E-state index contributed by atoms with van der Waals surface area (Å²) < 4.78 is 5.27. The third kappa shape index (κ3) is 4.63. The van der Waals surface area contributed by atoms with Gasteiger partial charge in [0.1, 0.15) is 5.75 Å². The van der Waals surface area contributed by atoms with Crippen LogP contribution < -0.4 is 4.74 Å². The van der Waals surface area contributed by atoms with Crippen LogP contribution >= 0.6 is 0 Å². The van der Waals surface area contributed by atoms with Crippen LogP contribution in [0.5, 0.6) is 5.75 Å². The number of carbonyl (C=O) groups is 2. The fourth-order valence-electron chi connectivity index (χ4n) is 3.40. The van der Waals surface area contributed by atoms with Crippen molar-refractivity contribution in [1.82, 2.24) is 0 Å². The van der Waals surface area contributed by atoms with Gasteiger partial charge in [0.25, 0.3) is 0 Å². The van der Waals surface area contributed by atoms with Crippen LogP contribution in [-0.2, 0) is 0 Å². The zero-order chi connectivity index (χ0) is 20.6. The van der Waals surface area contributed by atoms with Crippen molar-refractivity contribution in [3.63, 3.8) is 0 Å². The summed E-state index contributed by atoms with van der Waals surface area (Å²) in [5.41, 5.74) is 1.49. The van der Waals surface area contributed by atoms with Crippen LogP contribution in [0, 0.1) is 10.8 Å². The van der Waals surface area contributed by atoms with Crippen molar-refractivity contribution in [1.29, 1.82) is 0 Å². The third-order valence-electron chi connectivity index (χ3n) is 4.88. The standard InChI is InChI=1S/C24H21NO4/c1-29-20-14-8-13-19(15-20)21(16-25-28)22(23(26)17-9-4-2-5-10-17)24(27)18-11-6-3-7-12-18/h2-15,21-22H,16H2,1H3/t21-/m1/s1. The highest BCUT2D eigenvalue weighted by Gasteiger charge is 2.37. The Kier molecular flexibility index (Phi) is 6.63. The van der Waals surface area contributed by atoms with E-state index in [0.29, 0.717) is 22.4 Å². The van der Waals surface area contributed by atoms with Crippen molar-refractivity contribution in [2.75, 3.05) is 13.7 Å². The molecule has 0 radical (unpaired) electrons. The van der Waals surface area contributed by atoms with Crippen molar-refractivity contribution in [2.24, 2.45) is 11.1 Å². The number of ketones is 2. The molecular formula is C24H21NO4. The lowest BCUT2D eigenvalue weighted by Crippen LogP contribution is -2.32. The normalized spacial score (nSPS) is 11.7. The van der Waals surface area contributed by atoms with Crippen LogP contribution in [0.2, 0.25) is 0 Å². The molecule has 0 spiro atoms. The van der Waals surface area contributed by atoms with Crippen LogP contribution in [0.3, 0.4) is 0 Å². The minimum Gasteiger partial charge on any atom is -0.497 e. The van der Waals surface area contributed by atoms with Gasteiger partial charge in [-0.3, -0.25) is 9.59 Å². The van der Waals surface area contributed by atoms with Gasteiger partial charge in [0.15, 0.2) is 11.6 Å². The van der Waals surface area contributed by atoms with Crippen molar-refractivity contribution in [3.05, 3.63) is 107 Å². The molecule has 0 saturated carbocycles. The van der Waals surface area contributed by atoms with Gasteiger partial charge in [0.2, 0.25) is 0 Å². The van der Waals surface area contributed by atoms with Crippen LogP contribution in [0.25, 0.3) is 0 Å². The molecule has 5 nitrogen and oxygen atoms in total. The molecule has 146 valence electrons. The van der Waals surface area contributed by atoms with E-state index in [4.69, 9.17) is 4.74 Å². The Bertz CT molecular complexity index is 935. The molecule has 0 heterocycles. The number of carbonyl (C=O) groups excluding carboxylic acids is 2. The maximum absolute atomic E-state index is 13.4. The maximum Gasteiger partial charge on any atom is 0.174 e. The summed E-state index contributed by atoms with van der Waals surface area (Å²) in [6.45, 7) is -0.199. The number of ether oxygens (including phenoxy) is 1. The summed E-state index contributed by atoms with van der Waals surface area (Å²) in [6, 6.07) is 24.3. The Morgan fingerprint density at radius 1 is 0.828 bits per heavy atom. The van der Waals surface area contributed by atoms with E-state index in [0.717, 1.165) is 0 Å². The predicted molar refractivity (Wildman–Crippen MR) is 111 cm³/mol. The van der Waals surface area contributed by atoms with Gasteiger partial charge in [-0.05, 0) is 17.7 Å². The molecule has 0 unspecified atom stereocenters. The van der Waals surface area contributed by atoms with E-state index >= 15 is 0 Å². The van der Waals surface area contributed by atoms with E-state index < -0.39 is 11.8 Å². The van der Waals surface area contributed by atoms with Gasteiger partial charge in [0, 0.05) is 17.0 Å². The third-order valence-corrected chi connectivity index (χ3v) is 4.88. The molecule has 5 heteroatoms. The molecule has 0 aromatic heterocycles. The Labute approximate surface area is 169 Å². The quantitative estimate of drug-likeness (QED) is 0.297. The summed E-state index contributed by atoms with van der Waals surface area (Å²) in [6.07, 6.45) is 0. The summed E-state index contributed by atoms with van der Waals surface area (Å²) in [4.78, 5) is 38.1. The van der Waals surface area contributed by atoms with Gasteiger partial charge in [0.05, 0.1) is 19.6 Å². The van der Waals surface area contributed by atoms with Crippen LogP contribution in [-0.4, -0.2) is 25.2 Å². The van der Waals surface area contributed by atoms with E-state index in [1.807, 2.05) is 0 Å². The maximum atomic E-state index is 13.4. The average Bonchev–Trinajstić information content (AvgIpc) is 2.79. The highest BCUT2D eigenvalue weighted by Crippen LogP contribution is 2.33. The molecule has 0 aliphatic heterocycles. The van der Waals surface area contributed by atoms with Crippen molar-refractivity contribution in [2.45, 2.75) is 5.92 Å². The first-order valence-corrected chi connectivity index (χ1v) is 9.27. The first-order chi connectivity index (χ1) is 14.2. The lowest BCUT2D eigenvalue weighted by Gasteiger charge is -2.24. The molecule has 0 bridgehead atoms. The first kappa shape index (κ1) is 20.1. The molecule has 0 amide bonds. The molecular weight excluding hydrogens is 366 g/mol. The Morgan fingerprint density at radius 2 is 1.38 bits per heavy atom. The number of Topliss-reactive ketones (excluding diaryl/α,β-unsaturated/α-hetero) is 2. The van der Waals surface area contributed by atoms with E-state index in [1.54, 1.807) is 84.9 Å². The van der Waals surface area contributed by atoms with Crippen molar-refractivity contribution < 1.29 is 14.3 Å². The second kappa shape index (κ2) is 9.55. The van der Waals surface area contributed by atoms with Gasteiger partial charge in [-0.25, -0.2) is 0 Å². The number of rotatable bonds is 9. The summed E-state index contributed by atoms with van der Waals surface area (Å²) >= 11 is 0. The Morgan fingerprint density at radius 3 is 1.86 bits per heavy atom. The highest BCUT2D eigenvalue weighted by molar-refractivity contribution is 6.16. The van der Waals surface area contributed by atoms with Gasteiger partial charge in [-0.15, -0.1) is 0 Å². The monoisotopic (exact) mass is 387 g/mol. The zero-order valence-corrected chi connectivity index (χ0v) is 16.0. The van der Waals surface area contributed by atoms with Crippen molar-refractivity contribution >= 4 is 11.6 Å². The number of benzene rings is 3. The second-order valence-electron chi connectivity index (χ2n) is 6.63. The molecule has 29 heavy (non-hydrogen) atoms. The highest BCUT2D eigenvalue weighted by atomic mass is 16.5. The van der Waals surface area contributed by atoms with Crippen LogP contribution in [0.4, 0.5) is 0 Å². The van der Waals surface area contributed by atoms with E-state index in [1.165, 1.54) is 7.11 Å². The first-order valence-electron chi connectivity index (χ1n) is 9.27. The van der Waals surface area contributed by atoms with E-state index in [2.05, 4.69) is 5.18 Å². The topological polar surface area (TPSA) is 72.8 Å². The average molecular weight is 387 g/mol. The summed E-state index contributed by atoms with van der Waals surface area (Å²) in [5.74, 6) is -1.88. The lowest BCUT2D eigenvalue weighted by molar-refractivity contribution is 0.0784. The molecule has 3 aromatic carbocycles. The lowest BCUT2D eigenvalue weighted by atomic mass is 9.77. The number of hydrogen-bond donors (Lipinski definition) is 0. The molecule has 3 aromatic rings. The molecule has 0 aliphatic carbocycles. The SMILES string of the molecule is COc1cccc([C@@H](CN=O)C(C(=O)c2ccccc2)C(=O)c2ccccc2)c1. The molecule has 3 rings (SSSR count). The number of nitroso groups, excluding NO2 is 1. The van der Waals surface area contributed by atoms with E-state index in [-0.39, 0.29) is 18.1 Å². The van der Waals surface area contributed by atoms with Crippen molar-refractivity contribution in [3.8, 4) is 5.75 Å². The molecule has 0 fully saturated rings. The minimum absolute atomic E-state index is 0.199. The number of methoxy groups -OCH3 is 1. The fourth-order valence-corrected chi connectivity index (χ4v) is 3.40. The summed E-state index contributed by atoms with van der Waals surface area (Å²) in [5, 5.41) is 3.05. The summed E-state index contributed by atoms with van der Waals surface area (Å²) in [7, 11) is 1.54. The second-order valence-corrected chi connectivity index (χ2v) is 6.63. The molecule has 0 aliphatic rings. The fraction of sp³-hybridized carbons (Fsp3) is 0.167. The number of hydrogen-bond acceptors (Lipinski definition) is 5. The Balaban J connectivity index is 2.11.